The van der Waals surface area contributed by atoms with E-state index in [9.17, 15) is 0 Å². The highest BCUT2D eigenvalue weighted by atomic mass is 35.5. The first-order valence-electron chi connectivity index (χ1n) is 5.43. The fourth-order valence-corrected chi connectivity index (χ4v) is 1.85. The third-order valence-electron chi connectivity index (χ3n) is 2.41. The van der Waals surface area contributed by atoms with Gasteiger partial charge in [0, 0.05) is 25.5 Å². The third kappa shape index (κ3) is 3.80. The van der Waals surface area contributed by atoms with Crippen molar-refractivity contribution in [1.29, 1.82) is 0 Å². The molecule has 0 fully saturated rings. The zero-order valence-corrected chi connectivity index (χ0v) is 10.4. The van der Waals surface area contributed by atoms with Gasteiger partial charge in [-0.1, -0.05) is 17.7 Å². The summed E-state index contributed by atoms with van der Waals surface area (Å²) in [6, 6.07) is 9.72. The van der Waals surface area contributed by atoms with E-state index in [4.69, 9.17) is 11.6 Å². The predicted octanol–water partition coefficient (Wildman–Crippen LogP) is 2.76. The van der Waals surface area contributed by atoms with Gasteiger partial charge in [-0.05, 0) is 36.9 Å². The summed E-state index contributed by atoms with van der Waals surface area (Å²) < 4.78 is 0. The van der Waals surface area contributed by atoms with E-state index in [1.54, 1.807) is 18.5 Å². The number of pyridine rings is 2. The van der Waals surface area contributed by atoms with Gasteiger partial charge in [-0.15, -0.1) is 0 Å². The Balaban J connectivity index is 1.96. The van der Waals surface area contributed by atoms with Gasteiger partial charge < -0.3 is 0 Å². The van der Waals surface area contributed by atoms with Crippen molar-refractivity contribution in [3.63, 3.8) is 0 Å². The number of aromatic nitrogens is 2. The van der Waals surface area contributed by atoms with E-state index < -0.39 is 0 Å². The van der Waals surface area contributed by atoms with Crippen LogP contribution in [-0.2, 0) is 13.1 Å². The Hall–Kier alpha value is -1.45. The second-order valence-corrected chi connectivity index (χ2v) is 4.37. The Kier molecular flexibility index (Phi) is 4.07. The van der Waals surface area contributed by atoms with E-state index in [0.717, 1.165) is 18.8 Å². The summed E-state index contributed by atoms with van der Waals surface area (Å²) >= 11 is 5.85. The van der Waals surface area contributed by atoms with Crippen LogP contribution in [0.2, 0.25) is 5.15 Å². The van der Waals surface area contributed by atoms with Gasteiger partial charge in [0.1, 0.15) is 5.15 Å². The molecule has 0 unspecified atom stereocenters. The molecular weight excluding hydrogens is 234 g/mol. The maximum Gasteiger partial charge on any atom is 0.129 e. The minimum absolute atomic E-state index is 0.541. The molecule has 0 aliphatic rings. The van der Waals surface area contributed by atoms with Crippen LogP contribution in [0.5, 0.6) is 0 Å². The van der Waals surface area contributed by atoms with Gasteiger partial charge >= 0.3 is 0 Å². The number of hydrogen-bond acceptors (Lipinski definition) is 3. The molecule has 4 heteroatoms. The van der Waals surface area contributed by atoms with Crippen LogP contribution in [0.4, 0.5) is 0 Å². The SMILES string of the molecule is CN(Cc1ccncc1)Cc1cccc(Cl)n1. The lowest BCUT2D eigenvalue weighted by molar-refractivity contribution is 0.315. The summed E-state index contributed by atoms with van der Waals surface area (Å²) in [6.45, 7) is 1.65. The van der Waals surface area contributed by atoms with Gasteiger partial charge in [0.15, 0.2) is 0 Å². The van der Waals surface area contributed by atoms with Crippen molar-refractivity contribution in [1.82, 2.24) is 14.9 Å². The lowest BCUT2D eigenvalue weighted by Crippen LogP contribution is -2.17. The predicted molar refractivity (Wildman–Crippen MR) is 68.7 cm³/mol. The maximum absolute atomic E-state index is 5.85. The number of halogens is 1. The molecule has 0 saturated heterocycles. The van der Waals surface area contributed by atoms with Crippen LogP contribution in [0.1, 0.15) is 11.3 Å². The van der Waals surface area contributed by atoms with Crippen molar-refractivity contribution in [3.05, 3.63) is 59.1 Å². The van der Waals surface area contributed by atoms with Crippen LogP contribution in [0.3, 0.4) is 0 Å². The largest absolute Gasteiger partial charge is 0.296 e. The molecular formula is C13H14ClN3. The first kappa shape index (κ1) is 12.0. The fraction of sp³-hybridized carbons (Fsp3) is 0.231. The Bertz CT molecular complexity index is 473. The zero-order valence-electron chi connectivity index (χ0n) is 9.68. The van der Waals surface area contributed by atoms with Crippen LogP contribution in [0.15, 0.2) is 42.7 Å². The third-order valence-corrected chi connectivity index (χ3v) is 2.62. The molecule has 2 heterocycles. The van der Waals surface area contributed by atoms with Crippen LogP contribution >= 0.6 is 11.6 Å². The molecule has 88 valence electrons. The Morgan fingerprint density at radius 3 is 2.59 bits per heavy atom. The summed E-state index contributed by atoms with van der Waals surface area (Å²) in [5.41, 5.74) is 2.22. The van der Waals surface area contributed by atoms with Crippen molar-refractivity contribution in [2.75, 3.05) is 7.05 Å². The Labute approximate surface area is 106 Å². The molecule has 0 aromatic carbocycles. The van der Waals surface area contributed by atoms with Crippen LogP contribution in [0.25, 0.3) is 0 Å². The molecule has 0 bridgehead atoms. The molecule has 2 aromatic heterocycles. The van der Waals surface area contributed by atoms with E-state index >= 15 is 0 Å². The van der Waals surface area contributed by atoms with Crippen LogP contribution < -0.4 is 0 Å². The minimum atomic E-state index is 0.541. The van der Waals surface area contributed by atoms with E-state index in [1.807, 2.05) is 24.3 Å². The number of nitrogens with zero attached hydrogens (tertiary/aromatic N) is 3. The molecule has 0 saturated carbocycles. The lowest BCUT2D eigenvalue weighted by Gasteiger charge is -2.16. The van der Waals surface area contributed by atoms with Gasteiger partial charge in [-0.25, -0.2) is 4.98 Å². The van der Waals surface area contributed by atoms with Gasteiger partial charge in [0.2, 0.25) is 0 Å². The van der Waals surface area contributed by atoms with Gasteiger partial charge in [0.25, 0.3) is 0 Å². The lowest BCUT2D eigenvalue weighted by atomic mass is 10.2. The van der Waals surface area contributed by atoms with Gasteiger partial charge in [-0.3, -0.25) is 9.88 Å². The highest BCUT2D eigenvalue weighted by molar-refractivity contribution is 6.29. The van der Waals surface area contributed by atoms with Crippen molar-refractivity contribution in [3.8, 4) is 0 Å². The summed E-state index contributed by atoms with van der Waals surface area (Å²) in [4.78, 5) is 10.5. The molecule has 2 rings (SSSR count). The summed E-state index contributed by atoms with van der Waals surface area (Å²) in [6.07, 6.45) is 3.61. The average molecular weight is 248 g/mol. The smallest absolute Gasteiger partial charge is 0.129 e. The normalized spacial score (nSPS) is 10.8. The molecule has 0 aliphatic carbocycles. The van der Waals surface area contributed by atoms with E-state index in [0.29, 0.717) is 5.15 Å². The molecule has 3 nitrogen and oxygen atoms in total. The minimum Gasteiger partial charge on any atom is -0.296 e. The Morgan fingerprint density at radius 1 is 1.12 bits per heavy atom. The molecule has 0 N–H and O–H groups in total. The van der Waals surface area contributed by atoms with Crippen molar-refractivity contribution < 1.29 is 0 Å². The first-order chi connectivity index (χ1) is 8.24. The fourth-order valence-electron chi connectivity index (χ4n) is 1.67. The topological polar surface area (TPSA) is 29.0 Å². The zero-order chi connectivity index (χ0) is 12.1. The summed E-state index contributed by atoms with van der Waals surface area (Å²) in [5, 5.41) is 0.541. The summed E-state index contributed by atoms with van der Waals surface area (Å²) in [5.74, 6) is 0. The quantitative estimate of drug-likeness (QED) is 0.778. The average Bonchev–Trinajstić information content (AvgIpc) is 2.30. The Morgan fingerprint density at radius 2 is 1.88 bits per heavy atom. The molecule has 0 aliphatic heterocycles. The van der Waals surface area contributed by atoms with Gasteiger partial charge in [-0.2, -0.15) is 0 Å². The van der Waals surface area contributed by atoms with E-state index in [-0.39, 0.29) is 0 Å². The number of rotatable bonds is 4. The second kappa shape index (κ2) is 5.75. The highest BCUT2D eigenvalue weighted by Gasteiger charge is 2.03. The molecule has 0 radical (unpaired) electrons. The van der Waals surface area contributed by atoms with E-state index in [1.165, 1.54) is 5.56 Å². The first-order valence-corrected chi connectivity index (χ1v) is 5.81. The molecule has 0 spiro atoms. The van der Waals surface area contributed by atoms with Crippen LogP contribution in [-0.4, -0.2) is 21.9 Å². The molecule has 0 amide bonds. The molecule has 2 aromatic rings. The van der Waals surface area contributed by atoms with Gasteiger partial charge in [0.05, 0.1) is 5.69 Å². The monoisotopic (exact) mass is 247 g/mol. The van der Waals surface area contributed by atoms with Crippen molar-refractivity contribution >= 4 is 11.6 Å². The molecule has 17 heavy (non-hydrogen) atoms. The second-order valence-electron chi connectivity index (χ2n) is 3.98. The van der Waals surface area contributed by atoms with Crippen molar-refractivity contribution in [2.24, 2.45) is 0 Å². The van der Waals surface area contributed by atoms with E-state index in [2.05, 4.69) is 21.9 Å². The maximum atomic E-state index is 5.85. The highest BCUT2D eigenvalue weighted by Crippen LogP contribution is 2.09. The molecule has 0 atom stereocenters. The number of hydrogen-bond donors (Lipinski definition) is 0. The standard InChI is InChI=1S/C13H14ClN3/c1-17(9-11-5-7-15-8-6-11)10-12-3-2-4-13(14)16-12/h2-8H,9-10H2,1H3. The van der Waals surface area contributed by atoms with Crippen LogP contribution in [0, 0.1) is 0 Å². The summed E-state index contributed by atoms with van der Waals surface area (Å²) in [7, 11) is 2.06. The van der Waals surface area contributed by atoms with Crippen molar-refractivity contribution in [2.45, 2.75) is 13.1 Å².